The normalized spacial score (nSPS) is 10.4. The third-order valence-corrected chi connectivity index (χ3v) is 4.47. The molecule has 0 unspecified atom stereocenters. The van der Waals surface area contributed by atoms with Gasteiger partial charge < -0.3 is 5.73 Å². The molecule has 2 heterocycles. The van der Waals surface area contributed by atoms with E-state index < -0.39 is 0 Å². The summed E-state index contributed by atoms with van der Waals surface area (Å²) in [5.41, 5.74) is 8.94. The van der Waals surface area contributed by atoms with E-state index in [2.05, 4.69) is 9.97 Å². The lowest BCUT2D eigenvalue weighted by Crippen LogP contribution is -1.98. The van der Waals surface area contributed by atoms with Crippen LogP contribution in [0.2, 0.25) is 0 Å². The van der Waals surface area contributed by atoms with Crippen LogP contribution in [0.25, 0.3) is 21.1 Å². The van der Waals surface area contributed by atoms with Gasteiger partial charge in [0.05, 0.1) is 15.7 Å². The molecule has 2 aromatic carbocycles. The van der Waals surface area contributed by atoms with E-state index in [0.29, 0.717) is 10.7 Å². The van der Waals surface area contributed by atoms with Gasteiger partial charge in [0, 0.05) is 16.6 Å². The Bertz CT molecular complexity index is 990. The first-order valence-corrected chi connectivity index (χ1v) is 8.34. The average molecular weight is 335 g/mol. The van der Waals surface area contributed by atoms with Gasteiger partial charge >= 0.3 is 0 Å². The van der Waals surface area contributed by atoms with Crippen LogP contribution >= 0.6 is 11.3 Å². The maximum absolute atomic E-state index is 11.3. The van der Waals surface area contributed by atoms with E-state index in [4.69, 9.17) is 5.73 Å². The number of pyridine rings is 1. The number of para-hydroxylation sites is 2. The Labute approximate surface area is 144 Å². The zero-order valence-electron chi connectivity index (χ0n) is 13.5. The number of benzene rings is 2. The number of ketones is 1. The van der Waals surface area contributed by atoms with Crippen molar-refractivity contribution >= 4 is 43.4 Å². The van der Waals surface area contributed by atoms with Crippen LogP contribution in [0.3, 0.4) is 0 Å². The summed E-state index contributed by atoms with van der Waals surface area (Å²) in [6.45, 7) is 3.43. The van der Waals surface area contributed by atoms with Crippen LogP contribution < -0.4 is 5.73 Å². The maximum atomic E-state index is 11.3. The lowest BCUT2D eigenvalue weighted by molar-refractivity contribution is 0.101. The predicted molar refractivity (Wildman–Crippen MR) is 101 cm³/mol. The Morgan fingerprint density at radius 1 is 1.00 bits per heavy atom. The van der Waals surface area contributed by atoms with E-state index in [1.165, 1.54) is 11.3 Å². The van der Waals surface area contributed by atoms with E-state index >= 15 is 0 Å². The Morgan fingerprint density at radius 3 is 2.38 bits per heavy atom. The number of fused-ring (bicyclic) bond motifs is 2. The topological polar surface area (TPSA) is 68.9 Å². The van der Waals surface area contributed by atoms with Gasteiger partial charge in [-0.25, -0.2) is 4.98 Å². The molecule has 4 rings (SSSR count). The summed E-state index contributed by atoms with van der Waals surface area (Å²) in [5, 5.41) is 1.66. The van der Waals surface area contributed by atoms with Gasteiger partial charge in [-0.15, -0.1) is 0 Å². The van der Waals surface area contributed by atoms with Crippen LogP contribution in [-0.2, 0) is 0 Å². The molecule has 0 atom stereocenters. The summed E-state index contributed by atoms with van der Waals surface area (Å²) in [6, 6.07) is 17.6. The molecule has 5 heteroatoms. The minimum atomic E-state index is 0.0701. The van der Waals surface area contributed by atoms with Crippen molar-refractivity contribution in [2.75, 3.05) is 5.73 Å². The molecule has 0 aliphatic rings. The van der Waals surface area contributed by atoms with E-state index in [1.807, 2.05) is 61.5 Å². The zero-order valence-corrected chi connectivity index (χ0v) is 14.3. The molecule has 0 aliphatic carbocycles. The number of carbonyl (C=O) groups excluding carboxylic acids is 1. The highest BCUT2D eigenvalue weighted by Gasteiger charge is 2.06. The van der Waals surface area contributed by atoms with Crippen LogP contribution in [0.15, 0.2) is 54.6 Å². The molecule has 0 fully saturated rings. The number of carbonyl (C=O) groups is 1. The zero-order chi connectivity index (χ0) is 17.1. The largest absolute Gasteiger partial charge is 0.375 e. The van der Waals surface area contributed by atoms with Crippen LogP contribution in [0.4, 0.5) is 5.13 Å². The van der Waals surface area contributed by atoms with Gasteiger partial charge in [-0.1, -0.05) is 41.7 Å². The highest BCUT2D eigenvalue weighted by Crippen LogP contribution is 2.22. The number of Topliss-reactive ketones (excluding diaryl/α,β-unsaturated/α-hetero) is 1. The Morgan fingerprint density at radius 2 is 1.67 bits per heavy atom. The minimum Gasteiger partial charge on any atom is -0.375 e. The smallest absolute Gasteiger partial charge is 0.181 e. The number of thiazole rings is 1. The van der Waals surface area contributed by atoms with Crippen molar-refractivity contribution in [3.63, 3.8) is 0 Å². The van der Waals surface area contributed by atoms with Crippen molar-refractivity contribution in [2.45, 2.75) is 13.8 Å². The average Bonchev–Trinajstić information content (AvgIpc) is 2.94. The van der Waals surface area contributed by atoms with Gasteiger partial charge in [0.15, 0.2) is 10.9 Å². The Kier molecular flexibility index (Phi) is 4.53. The van der Waals surface area contributed by atoms with Crippen molar-refractivity contribution < 1.29 is 4.79 Å². The predicted octanol–water partition coefficient (Wildman–Crippen LogP) is 4.62. The van der Waals surface area contributed by atoms with Gasteiger partial charge in [0.1, 0.15) is 0 Å². The molecule has 4 aromatic rings. The van der Waals surface area contributed by atoms with E-state index in [1.54, 1.807) is 6.92 Å². The first kappa shape index (κ1) is 16.1. The van der Waals surface area contributed by atoms with Gasteiger partial charge in [0.2, 0.25) is 0 Å². The number of hydrogen-bond acceptors (Lipinski definition) is 5. The monoisotopic (exact) mass is 335 g/mol. The second kappa shape index (κ2) is 6.76. The second-order valence-electron chi connectivity index (χ2n) is 5.39. The summed E-state index contributed by atoms with van der Waals surface area (Å²) < 4.78 is 1.15. The van der Waals surface area contributed by atoms with Crippen LogP contribution in [-0.4, -0.2) is 15.8 Å². The number of aromatic nitrogens is 2. The van der Waals surface area contributed by atoms with Crippen LogP contribution in [0, 0.1) is 6.92 Å². The van der Waals surface area contributed by atoms with Crippen molar-refractivity contribution in [1.29, 1.82) is 0 Å². The van der Waals surface area contributed by atoms with Crippen molar-refractivity contribution in [2.24, 2.45) is 0 Å². The Hall–Kier alpha value is -2.79. The number of aryl methyl sites for hydroxylation is 1. The summed E-state index contributed by atoms with van der Waals surface area (Å²) >= 11 is 1.52. The van der Waals surface area contributed by atoms with E-state index in [-0.39, 0.29) is 5.78 Å². The number of nitrogens with two attached hydrogens (primary N) is 1. The molecule has 24 heavy (non-hydrogen) atoms. The molecule has 120 valence electrons. The van der Waals surface area contributed by atoms with Crippen molar-refractivity contribution in [3.05, 3.63) is 65.9 Å². The van der Waals surface area contributed by atoms with Gasteiger partial charge in [0.25, 0.3) is 0 Å². The summed E-state index contributed by atoms with van der Waals surface area (Å²) in [6.07, 6.45) is 0. The molecule has 0 spiro atoms. The first-order valence-electron chi connectivity index (χ1n) is 7.53. The number of nitrogen functional groups attached to an aromatic ring is 1. The molecular weight excluding hydrogens is 318 g/mol. The fourth-order valence-corrected chi connectivity index (χ4v) is 3.19. The van der Waals surface area contributed by atoms with Gasteiger partial charge in [-0.05, 0) is 38.1 Å². The molecule has 0 amide bonds. The fourth-order valence-electron chi connectivity index (χ4n) is 2.46. The SMILES string of the molecule is CC(=O)c1cc2ccccc2nc1C.Nc1nc2ccccc2s1. The number of anilines is 1. The lowest BCUT2D eigenvalue weighted by atomic mass is 10.1. The molecular formula is C19H17N3OS. The molecule has 0 saturated heterocycles. The van der Waals surface area contributed by atoms with Crippen molar-refractivity contribution in [1.82, 2.24) is 9.97 Å². The molecule has 0 aliphatic heterocycles. The summed E-state index contributed by atoms with van der Waals surface area (Å²) in [7, 11) is 0. The maximum Gasteiger partial charge on any atom is 0.181 e. The van der Waals surface area contributed by atoms with Crippen LogP contribution in [0.1, 0.15) is 23.0 Å². The lowest BCUT2D eigenvalue weighted by Gasteiger charge is -2.03. The number of rotatable bonds is 1. The molecule has 0 bridgehead atoms. The highest BCUT2D eigenvalue weighted by atomic mass is 32.1. The standard InChI is InChI=1S/C12H11NO.C7H6N2S/c1-8-11(9(2)14)7-10-5-3-4-6-12(10)13-8;8-7-9-5-3-1-2-4-6(5)10-7/h3-7H,1-2H3;1-4H,(H2,8,9). The Balaban J connectivity index is 0.000000149. The minimum absolute atomic E-state index is 0.0701. The molecule has 0 saturated carbocycles. The second-order valence-corrected chi connectivity index (χ2v) is 6.45. The van der Waals surface area contributed by atoms with Gasteiger partial charge in [-0.3, -0.25) is 9.78 Å². The van der Waals surface area contributed by atoms with Crippen molar-refractivity contribution in [3.8, 4) is 0 Å². The molecule has 2 aromatic heterocycles. The van der Waals surface area contributed by atoms with Crippen LogP contribution in [0.5, 0.6) is 0 Å². The quantitative estimate of drug-likeness (QED) is 0.515. The third-order valence-electron chi connectivity index (χ3n) is 3.60. The first-order chi connectivity index (χ1) is 11.5. The highest BCUT2D eigenvalue weighted by molar-refractivity contribution is 7.22. The molecule has 0 radical (unpaired) electrons. The summed E-state index contributed by atoms with van der Waals surface area (Å²) in [5.74, 6) is 0.0701. The number of nitrogens with zero attached hydrogens (tertiary/aromatic N) is 2. The summed E-state index contributed by atoms with van der Waals surface area (Å²) in [4.78, 5) is 19.8. The molecule has 2 N–H and O–H groups in total. The fraction of sp³-hybridized carbons (Fsp3) is 0.105. The third kappa shape index (κ3) is 3.41. The molecule has 4 nitrogen and oxygen atoms in total. The van der Waals surface area contributed by atoms with Gasteiger partial charge in [-0.2, -0.15) is 0 Å². The van der Waals surface area contributed by atoms with E-state index in [0.717, 1.165) is 26.8 Å². The van der Waals surface area contributed by atoms with E-state index in [9.17, 15) is 4.79 Å². The number of hydrogen-bond donors (Lipinski definition) is 1.